The van der Waals surface area contributed by atoms with Gasteiger partial charge in [-0.05, 0) is 32.1 Å². The summed E-state index contributed by atoms with van der Waals surface area (Å²) in [5, 5.41) is 9.32. The number of anilines is 1. The van der Waals surface area contributed by atoms with E-state index in [0.29, 0.717) is 30.2 Å². The summed E-state index contributed by atoms with van der Waals surface area (Å²) in [6.07, 6.45) is 5.36. The van der Waals surface area contributed by atoms with Gasteiger partial charge in [0, 0.05) is 38.3 Å². The highest BCUT2D eigenvalue weighted by Gasteiger charge is 2.28. The minimum atomic E-state index is 0.197. The minimum absolute atomic E-state index is 0.197. The van der Waals surface area contributed by atoms with Crippen molar-refractivity contribution in [2.75, 3.05) is 31.2 Å². The Bertz CT molecular complexity index is 474. The second-order valence-corrected chi connectivity index (χ2v) is 6.20. The summed E-state index contributed by atoms with van der Waals surface area (Å²) < 4.78 is 5.76. The molecular weight excluding hydrogens is 290 g/mol. The van der Waals surface area contributed by atoms with Gasteiger partial charge in [0.25, 0.3) is 0 Å². The Labute approximate surface area is 130 Å². The lowest BCUT2D eigenvalue weighted by Gasteiger charge is -2.32. The fourth-order valence-corrected chi connectivity index (χ4v) is 2.86. The zero-order valence-electron chi connectivity index (χ0n) is 12.2. The molecule has 1 aliphatic carbocycles. The Morgan fingerprint density at radius 3 is 2.67 bits per heavy atom. The van der Waals surface area contributed by atoms with E-state index in [1.807, 2.05) is 6.07 Å². The number of ether oxygens (including phenoxy) is 1. The highest BCUT2D eigenvalue weighted by molar-refractivity contribution is 6.29. The zero-order valence-corrected chi connectivity index (χ0v) is 12.9. The molecule has 0 unspecified atom stereocenters. The number of hydrogen-bond acceptors (Lipinski definition) is 5. The summed E-state index contributed by atoms with van der Waals surface area (Å²) in [7, 11) is 0. The van der Waals surface area contributed by atoms with Crippen molar-refractivity contribution < 1.29 is 9.84 Å². The van der Waals surface area contributed by atoms with E-state index in [9.17, 15) is 0 Å². The Kier molecular flexibility index (Phi) is 4.93. The van der Waals surface area contributed by atoms with Gasteiger partial charge in [0.1, 0.15) is 16.8 Å². The molecule has 1 aromatic heterocycles. The standard InChI is InChI=1S/C15H22ClN3O2/c16-13-10-14(18-15(17-13)11-2-3-11)19-6-4-12(5-7-19)21-9-1-8-20/h10-12,20H,1-9H2. The molecule has 116 valence electrons. The number of aromatic nitrogens is 2. The third-order valence-corrected chi connectivity index (χ3v) is 4.26. The van der Waals surface area contributed by atoms with Gasteiger partial charge < -0.3 is 14.7 Å². The average molecular weight is 312 g/mol. The van der Waals surface area contributed by atoms with Gasteiger partial charge in [0.15, 0.2) is 0 Å². The lowest BCUT2D eigenvalue weighted by Crippen LogP contribution is -2.37. The van der Waals surface area contributed by atoms with Crippen LogP contribution in [0, 0.1) is 0 Å². The summed E-state index contributed by atoms with van der Waals surface area (Å²) in [6.45, 7) is 2.71. The molecule has 1 saturated heterocycles. The second-order valence-electron chi connectivity index (χ2n) is 5.82. The molecule has 0 radical (unpaired) electrons. The molecule has 2 heterocycles. The van der Waals surface area contributed by atoms with Crippen LogP contribution in [-0.4, -0.2) is 47.5 Å². The van der Waals surface area contributed by atoms with Gasteiger partial charge >= 0.3 is 0 Å². The smallest absolute Gasteiger partial charge is 0.135 e. The van der Waals surface area contributed by atoms with Gasteiger partial charge in [0.05, 0.1) is 6.10 Å². The van der Waals surface area contributed by atoms with Gasteiger partial charge in [-0.1, -0.05) is 11.6 Å². The third kappa shape index (κ3) is 4.05. The van der Waals surface area contributed by atoms with Crippen LogP contribution < -0.4 is 4.90 Å². The number of aliphatic hydroxyl groups excluding tert-OH is 1. The van der Waals surface area contributed by atoms with Crippen molar-refractivity contribution in [3.05, 3.63) is 17.0 Å². The summed E-state index contributed by atoms with van der Waals surface area (Å²) in [5.41, 5.74) is 0. The normalized spacial score (nSPS) is 20.0. The molecule has 1 aliphatic heterocycles. The van der Waals surface area contributed by atoms with Crippen LogP contribution in [0.4, 0.5) is 5.82 Å². The predicted octanol–water partition coefficient (Wildman–Crippen LogP) is 2.38. The molecule has 21 heavy (non-hydrogen) atoms. The average Bonchev–Trinajstić information content (AvgIpc) is 3.32. The Balaban J connectivity index is 1.56. The van der Waals surface area contributed by atoms with E-state index in [0.717, 1.165) is 37.6 Å². The van der Waals surface area contributed by atoms with Crippen LogP contribution in [0.15, 0.2) is 6.07 Å². The van der Waals surface area contributed by atoms with E-state index in [4.69, 9.17) is 21.4 Å². The highest BCUT2D eigenvalue weighted by atomic mass is 35.5. The summed E-state index contributed by atoms with van der Waals surface area (Å²) in [6, 6.07) is 1.86. The fourth-order valence-electron chi connectivity index (χ4n) is 2.68. The maximum Gasteiger partial charge on any atom is 0.135 e. The molecular formula is C15H22ClN3O2. The zero-order chi connectivity index (χ0) is 14.7. The van der Waals surface area contributed by atoms with Crippen LogP contribution in [0.1, 0.15) is 43.8 Å². The molecule has 3 rings (SSSR count). The predicted molar refractivity (Wildman–Crippen MR) is 81.9 cm³/mol. The van der Waals surface area contributed by atoms with Crippen LogP contribution in [0.25, 0.3) is 0 Å². The largest absolute Gasteiger partial charge is 0.396 e. The van der Waals surface area contributed by atoms with Crippen LogP contribution in [0.3, 0.4) is 0 Å². The van der Waals surface area contributed by atoms with E-state index >= 15 is 0 Å². The topological polar surface area (TPSA) is 58.5 Å². The maximum absolute atomic E-state index is 8.77. The van der Waals surface area contributed by atoms with Crippen LogP contribution in [0.2, 0.25) is 5.15 Å². The molecule has 2 aliphatic rings. The summed E-state index contributed by atoms with van der Waals surface area (Å²) in [5.74, 6) is 2.37. The number of aliphatic hydroxyl groups is 1. The van der Waals surface area contributed by atoms with Crippen LogP contribution in [0.5, 0.6) is 0 Å². The number of piperidine rings is 1. The molecule has 1 aromatic rings. The Morgan fingerprint density at radius 2 is 2.00 bits per heavy atom. The molecule has 0 amide bonds. The van der Waals surface area contributed by atoms with E-state index in [1.165, 1.54) is 12.8 Å². The van der Waals surface area contributed by atoms with Crippen molar-refractivity contribution in [3.63, 3.8) is 0 Å². The molecule has 0 atom stereocenters. The lowest BCUT2D eigenvalue weighted by atomic mass is 10.1. The van der Waals surface area contributed by atoms with Gasteiger partial charge in [-0.15, -0.1) is 0 Å². The monoisotopic (exact) mass is 311 g/mol. The molecule has 1 saturated carbocycles. The molecule has 0 aromatic carbocycles. The van der Waals surface area contributed by atoms with Gasteiger partial charge in [-0.2, -0.15) is 0 Å². The fraction of sp³-hybridized carbons (Fsp3) is 0.733. The molecule has 5 nitrogen and oxygen atoms in total. The Morgan fingerprint density at radius 1 is 1.24 bits per heavy atom. The van der Waals surface area contributed by atoms with Crippen LogP contribution >= 0.6 is 11.6 Å². The maximum atomic E-state index is 8.77. The van der Waals surface area contributed by atoms with E-state index in [-0.39, 0.29) is 6.61 Å². The molecule has 0 spiro atoms. The van der Waals surface area contributed by atoms with Gasteiger partial charge in [-0.3, -0.25) is 0 Å². The van der Waals surface area contributed by atoms with Crippen LogP contribution in [-0.2, 0) is 4.74 Å². The number of halogens is 1. The Hall–Kier alpha value is -0.910. The first-order chi connectivity index (χ1) is 10.3. The molecule has 6 heteroatoms. The van der Waals surface area contributed by atoms with Gasteiger partial charge in [0.2, 0.25) is 0 Å². The number of rotatable bonds is 6. The lowest BCUT2D eigenvalue weighted by molar-refractivity contribution is 0.0293. The first kappa shape index (κ1) is 15.0. The van der Waals surface area contributed by atoms with Crippen molar-refractivity contribution in [1.29, 1.82) is 0 Å². The van der Waals surface area contributed by atoms with Crippen molar-refractivity contribution in [2.45, 2.75) is 44.1 Å². The molecule has 0 bridgehead atoms. The van der Waals surface area contributed by atoms with E-state index in [2.05, 4.69) is 14.9 Å². The highest BCUT2D eigenvalue weighted by Crippen LogP contribution is 2.39. The number of hydrogen-bond donors (Lipinski definition) is 1. The summed E-state index contributed by atoms with van der Waals surface area (Å²) in [4.78, 5) is 11.3. The quantitative estimate of drug-likeness (QED) is 0.645. The van der Waals surface area contributed by atoms with Crippen molar-refractivity contribution >= 4 is 17.4 Å². The summed E-state index contributed by atoms with van der Waals surface area (Å²) >= 11 is 6.13. The van der Waals surface area contributed by atoms with Crippen molar-refractivity contribution in [3.8, 4) is 0 Å². The van der Waals surface area contributed by atoms with Crippen molar-refractivity contribution in [1.82, 2.24) is 9.97 Å². The minimum Gasteiger partial charge on any atom is -0.396 e. The first-order valence-corrected chi connectivity index (χ1v) is 8.16. The number of nitrogens with zero attached hydrogens (tertiary/aromatic N) is 3. The third-order valence-electron chi connectivity index (χ3n) is 4.06. The second kappa shape index (κ2) is 6.90. The van der Waals surface area contributed by atoms with Gasteiger partial charge in [-0.25, -0.2) is 9.97 Å². The first-order valence-electron chi connectivity index (χ1n) is 7.78. The molecule has 1 N–H and O–H groups in total. The van der Waals surface area contributed by atoms with E-state index < -0.39 is 0 Å². The molecule has 2 fully saturated rings. The van der Waals surface area contributed by atoms with E-state index in [1.54, 1.807) is 0 Å². The van der Waals surface area contributed by atoms with Crippen molar-refractivity contribution in [2.24, 2.45) is 0 Å². The SMILES string of the molecule is OCCCOC1CCN(c2cc(Cl)nc(C3CC3)n2)CC1.